The van der Waals surface area contributed by atoms with Crippen LogP contribution in [0.2, 0.25) is 5.15 Å². The summed E-state index contributed by atoms with van der Waals surface area (Å²) in [7, 11) is 0. The summed E-state index contributed by atoms with van der Waals surface area (Å²) in [4.78, 5) is 28.6. The van der Waals surface area contributed by atoms with Crippen LogP contribution in [-0.2, 0) is 6.54 Å². The zero-order chi connectivity index (χ0) is 16.5. The highest BCUT2D eigenvalue weighted by molar-refractivity contribution is 6.29. The van der Waals surface area contributed by atoms with Gasteiger partial charge in [0.2, 0.25) is 0 Å². The van der Waals surface area contributed by atoms with E-state index in [9.17, 15) is 4.79 Å². The Bertz CT molecular complexity index is 1010. The normalized spacial score (nSPS) is 11.0. The number of hydrogen-bond acceptors (Lipinski definition) is 5. The van der Waals surface area contributed by atoms with Crippen molar-refractivity contribution >= 4 is 11.6 Å². The second-order valence-corrected chi connectivity index (χ2v) is 5.52. The molecule has 0 atom stereocenters. The van der Waals surface area contributed by atoms with Crippen molar-refractivity contribution in [3.63, 3.8) is 0 Å². The lowest BCUT2D eigenvalue weighted by Gasteiger charge is -2.12. The number of fused-ring (bicyclic) bond motifs is 1. The van der Waals surface area contributed by atoms with Crippen molar-refractivity contribution in [3.05, 3.63) is 76.5 Å². The molecule has 0 fully saturated rings. The molecule has 24 heavy (non-hydrogen) atoms. The predicted molar refractivity (Wildman–Crippen MR) is 88.4 cm³/mol. The van der Waals surface area contributed by atoms with Crippen molar-refractivity contribution in [1.29, 1.82) is 0 Å². The van der Waals surface area contributed by atoms with Crippen LogP contribution in [0.4, 0.5) is 0 Å². The number of pyridine rings is 2. The van der Waals surface area contributed by atoms with E-state index in [1.54, 1.807) is 24.5 Å². The molecule has 0 unspecified atom stereocenters. The molecule has 0 aliphatic carbocycles. The van der Waals surface area contributed by atoms with Crippen LogP contribution in [0.1, 0.15) is 5.56 Å². The topological polar surface area (TPSA) is 78.5 Å². The van der Waals surface area contributed by atoms with Crippen molar-refractivity contribution < 1.29 is 0 Å². The van der Waals surface area contributed by atoms with Crippen LogP contribution in [0, 0.1) is 0 Å². The maximum absolute atomic E-state index is 12.3. The predicted octanol–water partition coefficient (Wildman–Crippen LogP) is 2.03. The zero-order valence-corrected chi connectivity index (χ0v) is 13.1. The largest absolute Gasteiger partial charge is 0.356 e. The Labute approximate surface area is 141 Å². The average Bonchev–Trinajstić information content (AvgIpc) is 2.95. The van der Waals surface area contributed by atoms with Crippen LogP contribution in [0.25, 0.3) is 17.3 Å². The molecule has 0 N–H and O–H groups in total. The van der Waals surface area contributed by atoms with Gasteiger partial charge in [0.15, 0.2) is 5.82 Å². The third-order valence-corrected chi connectivity index (χ3v) is 3.82. The second kappa shape index (κ2) is 5.86. The van der Waals surface area contributed by atoms with Crippen LogP contribution in [0.3, 0.4) is 0 Å². The maximum atomic E-state index is 12.3. The van der Waals surface area contributed by atoms with E-state index in [2.05, 4.69) is 19.9 Å². The molecule has 2 aliphatic rings. The molecular formula is C16H11ClN6O. The molecule has 118 valence electrons. The Morgan fingerprint density at radius 3 is 2.79 bits per heavy atom. The van der Waals surface area contributed by atoms with Gasteiger partial charge < -0.3 is 4.57 Å². The number of halogens is 1. The number of rotatable bonds is 3. The van der Waals surface area contributed by atoms with Crippen molar-refractivity contribution in [2.24, 2.45) is 0 Å². The van der Waals surface area contributed by atoms with Gasteiger partial charge in [-0.3, -0.25) is 0 Å². The van der Waals surface area contributed by atoms with E-state index in [-0.39, 0.29) is 5.69 Å². The highest BCUT2D eigenvalue weighted by Gasteiger charge is 2.19. The van der Waals surface area contributed by atoms with Gasteiger partial charge in [-0.15, -0.1) is 0 Å². The Hall–Kier alpha value is -3.06. The van der Waals surface area contributed by atoms with Gasteiger partial charge in [0.25, 0.3) is 0 Å². The minimum atomic E-state index is -0.377. The molecule has 2 aromatic heterocycles. The van der Waals surface area contributed by atoms with Gasteiger partial charge in [-0.25, -0.2) is 24.3 Å². The molecular weight excluding hydrogens is 328 g/mol. The fourth-order valence-electron chi connectivity index (χ4n) is 2.53. The number of hydrogen-bond donors (Lipinski definition) is 0. The minimum absolute atomic E-state index is 0.377. The summed E-state index contributed by atoms with van der Waals surface area (Å²) in [6.07, 6.45) is 6.56. The van der Waals surface area contributed by atoms with Gasteiger partial charge in [-0.05, 0) is 29.8 Å². The Balaban J connectivity index is 1.79. The van der Waals surface area contributed by atoms with E-state index in [0.717, 1.165) is 5.56 Å². The smallest absolute Gasteiger partial charge is 0.327 e. The number of imidazole rings is 1. The van der Waals surface area contributed by atoms with Crippen molar-refractivity contribution in [2.75, 3.05) is 0 Å². The molecule has 4 heterocycles. The van der Waals surface area contributed by atoms with Crippen LogP contribution in [0.5, 0.6) is 0 Å². The van der Waals surface area contributed by atoms with E-state index < -0.39 is 0 Å². The van der Waals surface area contributed by atoms with E-state index in [4.69, 9.17) is 11.6 Å². The fraction of sp³-hybridized carbons (Fsp3) is 0.0625. The molecule has 4 rings (SSSR count). The minimum Gasteiger partial charge on any atom is -0.327 e. The Kier molecular flexibility index (Phi) is 3.55. The van der Waals surface area contributed by atoms with Crippen molar-refractivity contribution in [2.45, 2.75) is 6.54 Å². The summed E-state index contributed by atoms with van der Waals surface area (Å²) in [5, 5.41) is 0.442. The molecule has 8 heteroatoms. The summed E-state index contributed by atoms with van der Waals surface area (Å²) >= 11 is 5.81. The summed E-state index contributed by atoms with van der Waals surface area (Å²) in [6, 6.07) is 8.99. The third kappa shape index (κ3) is 2.55. The fourth-order valence-corrected chi connectivity index (χ4v) is 2.64. The molecule has 0 saturated carbocycles. The molecule has 2 aliphatic heterocycles. The highest BCUT2D eigenvalue weighted by atomic mass is 35.5. The first-order valence-electron chi connectivity index (χ1n) is 7.17. The molecule has 2 aromatic rings. The molecule has 7 nitrogen and oxygen atoms in total. The van der Waals surface area contributed by atoms with Crippen LogP contribution < -0.4 is 5.69 Å². The van der Waals surface area contributed by atoms with Gasteiger partial charge in [0.05, 0.1) is 12.2 Å². The number of aromatic nitrogens is 6. The first kappa shape index (κ1) is 14.5. The van der Waals surface area contributed by atoms with Crippen LogP contribution in [-0.4, -0.2) is 29.1 Å². The van der Waals surface area contributed by atoms with E-state index >= 15 is 0 Å². The maximum Gasteiger partial charge on any atom is 0.356 e. The van der Waals surface area contributed by atoms with Gasteiger partial charge in [-0.2, -0.15) is 4.98 Å². The molecule has 0 radical (unpaired) electrons. The Morgan fingerprint density at radius 2 is 2.04 bits per heavy atom. The highest BCUT2D eigenvalue weighted by Crippen LogP contribution is 2.21. The Morgan fingerprint density at radius 1 is 1.12 bits per heavy atom. The summed E-state index contributed by atoms with van der Waals surface area (Å²) in [5.74, 6) is 1.07. The standard InChI is InChI=1S/C16H11ClN6O/c17-13-4-3-11(8-19-13)9-22-7-1-2-12-15(22)21-16(24)23(12)14-5-6-18-10-20-14/h1-8,10H,9H2. The zero-order valence-electron chi connectivity index (χ0n) is 12.4. The number of nitrogens with zero attached hydrogens (tertiary/aromatic N) is 6. The molecule has 0 bridgehead atoms. The van der Waals surface area contributed by atoms with Gasteiger partial charge >= 0.3 is 5.69 Å². The quantitative estimate of drug-likeness (QED) is 0.534. The second-order valence-electron chi connectivity index (χ2n) is 5.13. The summed E-state index contributed by atoms with van der Waals surface area (Å²) in [6.45, 7) is 0.530. The molecule has 0 saturated heterocycles. The first-order valence-corrected chi connectivity index (χ1v) is 7.55. The summed E-state index contributed by atoms with van der Waals surface area (Å²) in [5.41, 5.74) is 1.27. The molecule has 0 aromatic carbocycles. The average molecular weight is 339 g/mol. The lowest BCUT2D eigenvalue weighted by atomic mass is 10.2. The van der Waals surface area contributed by atoms with Crippen LogP contribution >= 0.6 is 11.6 Å². The van der Waals surface area contributed by atoms with Crippen LogP contribution in [0.15, 0.2) is 60.0 Å². The molecule has 0 amide bonds. The first-order chi connectivity index (χ1) is 11.7. The summed E-state index contributed by atoms with van der Waals surface area (Å²) < 4.78 is 3.35. The monoisotopic (exact) mass is 338 g/mol. The van der Waals surface area contributed by atoms with Crippen molar-refractivity contribution in [1.82, 2.24) is 29.1 Å². The van der Waals surface area contributed by atoms with E-state index in [1.807, 2.05) is 29.0 Å². The third-order valence-electron chi connectivity index (χ3n) is 3.59. The lowest BCUT2D eigenvalue weighted by Crippen LogP contribution is -2.15. The van der Waals surface area contributed by atoms with E-state index in [1.165, 1.54) is 10.9 Å². The van der Waals surface area contributed by atoms with E-state index in [0.29, 0.717) is 29.0 Å². The van der Waals surface area contributed by atoms with Gasteiger partial charge in [0.1, 0.15) is 17.3 Å². The lowest BCUT2D eigenvalue weighted by molar-refractivity contribution is 0.779. The SMILES string of the molecule is O=c1nc2n(Cc3ccc(Cl)nc3)cccc-2n1-c1ccncn1. The molecule has 0 spiro atoms. The van der Waals surface area contributed by atoms with Gasteiger partial charge in [-0.1, -0.05) is 17.7 Å². The van der Waals surface area contributed by atoms with Gasteiger partial charge in [0, 0.05) is 18.6 Å². The van der Waals surface area contributed by atoms with Crippen molar-refractivity contribution in [3.8, 4) is 17.3 Å².